The molecule has 0 saturated carbocycles. The average Bonchev–Trinajstić information content (AvgIpc) is 2.71. The van der Waals surface area contributed by atoms with E-state index in [1.807, 2.05) is 42.5 Å². The van der Waals surface area contributed by atoms with Crippen molar-refractivity contribution >= 4 is 33.5 Å². The van der Waals surface area contributed by atoms with Crippen molar-refractivity contribution in [3.05, 3.63) is 70.2 Å². The van der Waals surface area contributed by atoms with E-state index in [9.17, 15) is 14.4 Å². The number of halogens is 1. The van der Waals surface area contributed by atoms with Crippen molar-refractivity contribution in [1.29, 1.82) is 0 Å². The van der Waals surface area contributed by atoms with E-state index >= 15 is 0 Å². The fourth-order valence-corrected chi connectivity index (χ4v) is 3.28. The van der Waals surface area contributed by atoms with Crippen LogP contribution >= 0.6 is 15.9 Å². The molecule has 0 spiro atoms. The Morgan fingerprint density at radius 2 is 1.57 bits per heavy atom. The van der Waals surface area contributed by atoms with Crippen molar-refractivity contribution in [2.45, 2.75) is 44.9 Å². The highest BCUT2D eigenvalue weighted by Gasteiger charge is 2.24. The van der Waals surface area contributed by atoms with Crippen molar-refractivity contribution < 1.29 is 19.1 Å². The summed E-state index contributed by atoms with van der Waals surface area (Å²) in [6.45, 7) is 2.14. The Morgan fingerprint density at radius 3 is 2.21 bits per heavy atom. The number of ether oxygens (including phenoxy) is 1. The predicted octanol–water partition coefficient (Wildman–Crippen LogP) is 5.50. The minimum absolute atomic E-state index is 0.0236. The van der Waals surface area contributed by atoms with E-state index in [0.717, 1.165) is 10.0 Å². The molecule has 1 atom stereocenters. The average molecular weight is 445 g/mol. The number of hydrogen-bond donors (Lipinski definition) is 0. The van der Waals surface area contributed by atoms with Gasteiger partial charge in [0.15, 0.2) is 5.78 Å². The first-order chi connectivity index (χ1) is 13.5. The summed E-state index contributed by atoms with van der Waals surface area (Å²) >= 11 is 3.40. The molecule has 28 heavy (non-hydrogen) atoms. The summed E-state index contributed by atoms with van der Waals surface area (Å²) in [4.78, 5) is 37.0. The molecule has 1 unspecified atom stereocenters. The highest BCUT2D eigenvalue weighted by atomic mass is 79.9. The maximum atomic E-state index is 12.9. The van der Waals surface area contributed by atoms with Gasteiger partial charge in [0.2, 0.25) is 0 Å². The number of carbonyl (C=O) groups is 3. The molecular formula is C23H25BrO4. The van der Waals surface area contributed by atoms with Gasteiger partial charge >= 0.3 is 5.97 Å². The molecule has 0 radical (unpaired) electrons. The van der Waals surface area contributed by atoms with Crippen LogP contribution in [-0.2, 0) is 14.3 Å². The molecule has 0 bridgehead atoms. The molecule has 0 aliphatic heterocycles. The topological polar surface area (TPSA) is 60.4 Å². The number of hydrogen-bond acceptors (Lipinski definition) is 4. The molecule has 0 aliphatic rings. The maximum absolute atomic E-state index is 12.9. The summed E-state index contributed by atoms with van der Waals surface area (Å²) < 4.78 is 5.83. The third-order valence-electron chi connectivity index (χ3n) is 4.51. The lowest BCUT2D eigenvalue weighted by molar-refractivity contribution is -0.143. The fraction of sp³-hybridized carbons (Fsp3) is 0.348. The van der Waals surface area contributed by atoms with E-state index in [0.29, 0.717) is 37.9 Å². The highest BCUT2D eigenvalue weighted by molar-refractivity contribution is 9.10. The quantitative estimate of drug-likeness (QED) is 0.260. The van der Waals surface area contributed by atoms with Crippen LogP contribution in [0.15, 0.2) is 59.1 Å². The fourth-order valence-electron chi connectivity index (χ4n) is 3.02. The van der Waals surface area contributed by atoms with Gasteiger partial charge in [-0.3, -0.25) is 14.4 Å². The van der Waals surface area contributed by atoms with Gasteiger partial charge in [-0.2, -0.15) is 0 Å². The van der Waals surface area contributed by atoms with Gasteiger partial charge < -0.3 is 4.74 Å². The van der Waals surface area contributed by atoms with Gasteiger partial charge in [0.1, 0.15) is 5.78 Å². The largest absolute Gasteiger partial charge is 0.466 e. The molecule has 148 valence electrons. The third-order valence-corrected chi connectivity index (χ3v) is 5.03. The van der Waals surface area contributed by atoms with Gasteiger partial charge in [-0.15, -0.1) is 0 Å². The Morgan fingerprint density at radius 1 is 0.929 bits per heavy atom. The summed E-state index contributed by atoms with van der Waals surface area (Å²) in [5.41, 5.74) is 1.45. The molecule has 2 aromatic rings. The second kappa shape index (κ2) is 11.5. The van der Waals surface area contributed by atoms with Crippen LogP contribution in [0.4, 0.5) is 0 Å². The van der Waals surface area contributed by atoms with Gasteiger partial charge in [0.05, 0.1) is 6.61 Å². The van der Waals surface area contributed by atoms with Crippen LogP contribution in [0, 0.1) is 0 Å². The van der Waals surface area contributed by atoms with E-state index in [4.69, 9.17) is 4.74 Å². The van der Waals surface area contributed by atoms with Crippen molar-refractivity contribution in [2.24, 2.45) is 0 Å². The van der Waals surface area contributed by atoms with Crippen molar-refractivity contribution in [3.8, 4) is 0 Å². The lowest BCUT2D eigenvalue weighted by atomic mass is 9.86. The standard InChI is InChI=1S/C23H25BrO4/c1-2-28-23(27)11-7-6-10-21(25)20(17-12-14-19(24)15-13-17)16-22(26)18-8-4-3-5-9-18/h3-5,8-9,12-15,20H,2,6-7,10-11,16H2,1H3. The molecule has 0 N–H and O–H groups in total. The number of rotatable bonds is 11. The molecule has 0 heterocycles. The predicted molar refractivity (Wildman–Crippen MR) is 112 cm³/mol. The zero-order valence-electron chi connectivity index (χ0n) is 16.0. The smallest absolute Gasteiger partial charge is 0.305 e. The monoisotopic (exact) mass is 444 g/mol. The van der Waals surface area contributed by atoms with E-state index in [-0.39, 0.29) is 24.0 Å². The molecule has 2 rings (SSSR count). The molecule has 0 amide bonds. The van der Waals surface area contributed by atoms with Crippen LogP contribution in [-0.4, -0.2) is 24.1 Å². The second-order valence-electron chi connectivity index (χ2n) is 6.58. The summed E-state index contributed by atoms with van der Waals surface area (Å²) in [5, 5.41) is 0. The number of carbonyl (C=O) groups excluding carboxylic acids is 3. The van der Waals surface area contributed by atoms with Gasteiger partial charge in [-0.05, 0) is 37.5 Å². The normalized spacial score (nSPS) is 11.6. The summed E-state index contributed by atoms with van der Waals surface area (Å²) in [6, 6.07) is 16.5. The Hall–Kier alpha value is -2.27. The zero-order chi connectivity index (χ0) is 20.4. The van der Waals surface area contributed by atoms with Crippen molar-refractivity contribution in [3.63, 3.8) is 0 Å². The first-order valence-electron chi connectivity index (χ1n) is 9.53. The summed E-state index contributed by atoms with van der Waals surface area (Å²) in [7, 11) is 0. The van der Waals surface area contributed by atoms with Crippen LogP contribution in [0.2, 0.25) is 0 Å². The third kappa shape index (κ3) is 7.04. The number of unbranched alkanes of at least 4 members (excludes halogenated alkanes) is 1. The lowest BCUT2D eigenvalue weighted by Gasteiger charge is -2.16. The molecule has 0 aromatic heterocycles. The SMILES string of the molecule is CCOC(=O)CCCCC(=O)C(CC(=O)c1ccccc1)c1ccc(Br)cc1. The van der Waals surface area contributed by atoms with Crippen LogP contribution < -0.4 is 0 Å². The Balaban J connectivity index is 2.03. The van der Waals surface area contributed by atoms with Gasteiger partial charge in [0.25, 0.3) is 0 Å². The zero-order valence-corrected chi connectivity index (χ0v) is 17.6. The second-order valence-corrected chi connectivity index (χ2v) is 7.49. The molecule has 2 aromatic carbocycles. The molecule has 0 saturated heterocycles. The van der Waals surface area contributed by atoms with Gasteiger partial charge in [-0.25, -0.2) is 0 Å². The van der Waals surface area contributed by atoms with E-state index in [2.05, 4.69) is 15.9 Å². The molecular weight excluding hydrogens is 420 g/mol. The Labute approximate surface area is 174 Å². The lowest BCUT2D eigenvalue weighted by Crippen LogP contribution is -2.17. The Kier molecular flexibility index (Phi) is 9.08. The van der Waals surface area contributed by atoms with Crippen molar-refractivity contribution in [1.82, 2.24) is 0 Å². The van der Waals surface area contributed by atoms with Crippen LogP contribution in [0.25, 0.3) is 0 Å². The molecule has 4 nitrogen and oxygen atoms in total. The van der Waals surface area contributed by atoms with Crippen LogP contribution in [0.5, 0.6) is 0 Å². The molecule has 5 heteroatoms. The van der Waals surface area contributed by atoms with Crippen LogP contribution in [0.1, 0.15) is 60.9 Å². The van der Waals surface area contributed by atoms with E-state index < -0.39 is 5.92 Å². The first-order valence-corrected chi connectivity index (χ1v) is 10.3. The van der Waals surface area contributed by atoms with E-state index in [1.54, 1.807) is 19.1 Å². The molecule has 0 fully saturated rings. The summed E-state index contributed by atoms with van der Waals surface area (Å²) in [5.74, 6) is -0.745. The minimum atomic E-state index is -0.483. The van der Waals surface area contributed by atoms with Gasteiger partial charge in [0, 0.05) is 35.2 Å². The molecule has 0 aliphatic carbocycles. The Bertz CT molecular complexity index is 784. The summed E-state index contributed by atoms with van der Waals surface area (Å²) in [6.07, 6.45) is 1.99. The number of esters is 1. The maximum Gasteiger partial charge on any atom is 0.305 e. The highest BCUT2D eigenvalue weighted by Crippen LogP contribution is 2.26. The first kappa shape index (κ1) is 22.0. The van der Waals surface area contributed by atoms with E-state index in [1.165, 1.54) is 0 Å². The number of ketones is 2. The number of Topliss-reactive ketones (excluding diaryl/α,β-unsaturated/α-hetero) is 2. The van der Waals surface area contributed by atoms with Crippen molar-refractivity contribution in [2.75, 3.05) is 6.61 Å². The van der Waals surface area contributed by atoms with Crippen LogP contribution in [0.3, 0.4) is 0 Å². The minimum Gasteiger partial charge on any atom is -0.466 e. The van der Waals surface area contributed by atoms with Gasteiger partial charge in [-0.1, -0.05) is 58.4 Å². The number of benzene rings is 2.